The highest BCUT2D eigenvalue weighted by atomic mass is 16.1. The molecule has 0 aromatic heterocycles. The molecular weight excluding hydrogens is 250 g/mol. The minimum absolute atomic E-state index is 0.233. The Hall–Kier alpha value is -0.610. The number of likely N-dealkylation sites (tertiary alicyclic amines) is 1. The number of carbonyl (C=O) groups excluding carboxylic acids is 1. The van der Waals surface area contributed by atoms with Crippen LogP contribution < -0.4 is 11.1 Å². The summed E-state index contributed by atoms with van der Waals surface area (Å²) in [6.07, 6.45) is 10.4. The topological polar surface area (TPSA) is 58.4 Å². The van der Waals surface area contributed by atoms with Crippen LogP contribution >= 0.6 is 0 Å². The third-order valence-electron chi connectivity index (χ3n) is 4.87. The lowest BCUT2D eigenvalue weighted by Crippen LogP contribution is -2.37. The number of hydrogen-bond acceptors (Lipinski definition) is 3. The highest BCUT2D eigenvalue weighted by Crippen LogP contribution is 2.26. The van der Waals surface area contributed by atoms with Crippen LogP contribution in [0.15, 0.2) is 0 Å². The number of rotatable bonds is 6. The van der Waals surface area contributed by atoms with Gasteiger partial charge in [0, 0.05) is 25.6 Å². The normalized spacial score (nSPS) is 28.2. The Morgan fingerprint density at radius 1 is 1.10 bits per heavy atom. The van der Waals surface area contributed by atoms with E-state index in [2.05, 4.69) is 10.2 Å². The minimum Gasteiger partial charge on any atom is -0.355 e. The molecule has 2 fully saturated rings. The van der Waals surface area contributed by atoms with Crippen molar-refractivity contribution in [3.8, 4) is 0 Å². The van der Waals surface area contributed by atoms with Gasteiger partial charge in [0.15, 0.2) is 0 Å². The standard InChI is InChI=1S/C16H31N3O/c17-15-7-4-14(5-8-15)6-9-16(20)18-10-13-19-11-2-1-3-12-19/h14-15H,1-13,17H2,(H,18,20). The monoisotopic (exact) mass is 281 g/mol. The van der Waals surface area contributed by atoms with Crippen LogP contribution in [0.25, 0.3) is 0 Å². The zero-order valence-electron chi connectivity index (χ0n) is 12.8. The second kappa shape index (κ2) is 8.63. The molecule has 116 valence electrons. The van der Waals surface area contributed by atoms with E-state index < -0.39 is 0 Å². The Bertz CT molecular complexity index is 281. The highest BCUT2D eigenvalue weighted by molar-refractivity contribution is 5.75. The average Bonchev–Trinajstić information content (AvgIpc) is 2.48. The van der Waals surface area contributed by atoms with Gasteiger partial charge in [-0.05, 0) is 64.0 Å². The molecule has 0 radical (unpaired) electrons. The van der Waals surface area contributed by atoms with Gasteiger partial charge in [-0.2, -0.15) is 0 Å². The second-order valence-electron chi connectivity index (χ2n) is 6.57. The molecule has 2 rings (SSSR count). The van der Waals surface area contributed by atoms with Gasteiger partial charge in [0.05, 0.1) is 0 Å². The molecule has 0 unspecified atom stereocenters. The van der Waals surface area contributed by atoms with E-state index in [0.717, 1.165) is 38.3 Å². The maximum absolute atomic E-state index is 11.8. The van der Waals surface area contributed by atoms with Crippen LogP contribution in [0.3, 0.4) is 0 Å². The molecule has 20 heavy (non-hydrogen) atoms. The molecule has 3 N–H and O–H groups in total. The predicted molar refractivity (Wildman–Crippen MR) is 82.5 cm³/mol. The van der Waals surface area contributed by atoms with Crippen molar-refractivity contribution in [3.05, 3.63) is 0 Å². The van der Waals surface area contributed by atoms with E-state index in [1.807, 2.05) is 0 Å². The molecule has 1 saturated carbocycles. The molecule has 4 heteroatoms. The van der Waals surface area contributed by atoms with Gasteiger partial charge < -0.3 is 16.0 Å². The van der Waals surface area contributed by atoms with E-state index in [1.165, 1.54) is 45.2 Å². The number of piperidine rings is 1. The van der Waals surface area contributed by atoms with E-state index in [9.17, 15) is 4.79 Å². The van der Waals surface area contributed by atoms with Gasteiger partial charge in [-0.25, -0.2) is 0 Å². The number of hydrogen-bond donors (Lipinski definition) is 2. The predicted octanol–water partition coefficient (Wildman–Crippen LogP) is 1.89. The third-order valence-corrected chi connectivity index (χ3v) is 4.87. The Labute approximate surface area is 123 Å². The summed E-state index contributed by atoms with van der Waals surface area (Å²) < 4.78 is 0. The molecule has 0 spiro atoms. The largest absolute Gasteiger partial charge is 0.355 e. The lowest BCUT2D eigenvalue weighted by Gasteiger charge is -2.27. The average molecular weight is 281 g/mol. The first-order valence-electron chi connectivity index (χ1n) is 8.48. The van der Waals surface area contributed by atoms with E-state index in [1.54, 1.807) is 0 Å². The first kappa shape index (κ1) is 15.8. The zero-order valence-corrected chi connectivity index (χ0v) is 12.8. The maximum Gasteiger partial charge on any atom is 0.220 e. The number of nitrogens with two attached hydrogens (primary N) is 1. The van der Waals surface area contributed by atoms with Gasteiger partial charge in [0.25, 0.3) is 0 Å². The summed E-state index contributed by atoms with van der Waals surface area (Å²) in [5, 5.41) is 3.07. The van der Waals surface area contributed by atoms with E-state index in [0.29, 0.717) is 12.5 Å². The lowest BCUT2D eigenvalue weighted by atomic mass is 9.84. The first-order valence-corrected chi connectivity index (χ1v) is 8.48. The van der Waals surface area contributed by atoms with Crippen molar-refractivity contribution in [2.45, 2.75) is 63.8 Å². The number of nitrogens with one attached hydrogen (secondary N) is 1. The molecule has 1 aliphatic carbocycles. The van der Waals surface area contributed by atoms with Crippen LogP contribution in [-0.2, 0) is 4.79 Å². The molecule has 0 bridgehead atoms. The summed E-state index contributed by atoms with van der Waals surface area (Å²) in [7, 11) is 0. The summed E-state index contributed by atoms with van der Waals surface area (Å²) in [6, 6.07) is 0.407. The molecule has 0 atom stereocenters. The Balaban J connectivity index is 1.49. The molecule has 1 aliphatic heterocycles. The highest BCUT2D eigenvalue weighted by Gasteiger charge is 2.19. The van der Waals surface area contributed by atoms with Crippen molar-refractivity contribution in [3.63, 3.8) is 0 Å². The van der Waals surface area contributed by atoms with E-state index in [4.69, 9.17) is 5.73 Å². The minimum atomic E-state index is 0.233. The van der Waals surface area contributed by atoms with Crippen LogP contribution in [0.4, 0.5) is 0 Å². The number of carbonyl (C=O) groups is 1. The van der Waals surface area contributed by atoms with Crippen molar-refractivity contribution in [1.29, 1.82) is 0 Å². The second-order valence-corrected chi connectivity index (χ2v) is 6.57. The van der Waals surface area contributed by atoms with Gasteiger partial charge in [-0.15, -0.1) is 0 Å². The third kappa shape index (κ3) is 5.80. The number of amides is 1. The van der Waals surface area contributed by atoms with Gasteiger partial charge >= 0.3 is 0 Å². The van der Waals surface area contributed by atoms with Crippen LogP contribution in [0.5, 0.6) is 0 Å². The van der Waals surface area contributed by atoms with Crippen molar-refractivity contribution in [2.24, 2.45) is 11.7 Å². The smallest absolute Gasteiger partial charge is 0.220 e. The Morgan fingerprint density at radius 2 is 1.80 bits per heavy atom. The van der Waals surface area contributed by atoms with Crippen LogP contribution in [-0.4, -0.2) is 43.0 Å². The lowest BCUT2D eigenvalue weighted by molar-refractivity contribution is -0.121. The van der Waals surface area contributed by atoms with Gasteiger partial charge in [0.2, 0.25) is 5.91 Å². The quantitative estimate of drug-likeness (QED) is 0.781. The SMILES string of the molecule is NC1CCC(CCC(=O)NCCN2CCCCC2)CC1. The summed E-state index contributed by atoms with van der Waals surface area (Å²) in [6.45, 7) is 4.24. The fourth-order valence-corrected chi connectivity index (χ4v) is 3.44. The van der Waals surface area contributed by atoms with Crippen molar-refractivity contribution >= 4 is 5.91 Å². The molecule has 4 nitrogen and oxygen atoms in total. The van der Waals surface area contributed by atoms with Crippen LogP contribution in [0.2, 0.25) is 0 Å². The fourth-order valence-electron chi connectivity index (χ4n) is 3.44. The zero-order chi connectivity index (χ0) is 14.2. The van der Waals surface area contributed by atoms with Crippen molar-refractivity contribution in [1.82, 2.24) is 10.2 Å². The molecule has 0 aromatic rings. The summed E-state index contributed by atoms with van der Waals surface area (Å²) in [5.74, 6) is 0.958. The van der Waals surface area contributed by atoms with Crippen LogP contribution in [0.1, 0.15) is 57.8 Å². The Morgan fingerprint density at radius 3 is 2.50 bits per heavy atom. The van der Waals surface area contributed by atoms with Crippen LogP contribution in [0, 0.1) is 5.92 Å². The van der Waals surface area contributed by atoms with E-state index >= 15 is 0 Å². The molecular formula is C16H31N3O. The molecule has 1 heterocycles. The summed E-state index contributed by atoms with van der Waals surface area (Å²) >= 11 is 0. The van der Waals surface area contributed by atoms with Gasteiger partial charge in [-0.1, -0.05) is 6.42 Å². The van der Waals surface area contributed by atoms with Gasteiger partial charge in [0.1, 0.15) is 0 Å². The molecule has 1 saturated heterocycles. The molecule has 0 aromatic carbocycles. The van der Waals surface area contributed by atoms with Crippen molar-refractivity contribution < 1.29 is 4.79 Å². The summed E-state index contributed by atoms with van der Waals surface area (Å²) in [5.41, 5.74) is 5.91. The maximum atomic E-state index is 11.8. The van der Waals surface area contributed by atoms with Crippen molar-refractivity contribution in [2.75, 3.05) is 26.2 Å². The molecule has 2 aliphatic rings. The Kier molecular flexibility index (Phi) is 6.80. The van der Waals surface area contributed by atoms with E-state index in [-0.39, 0.29) is 5.91 Å². The van der Waals surface area contributed by atoms with Gasteiger partial charge in [-0.3, -0.25) is 4.79 Å². The number of nitrogens with zero attached hydrogens (tertiary/aromatic N) is 1. The molecule has 1 amide bonds. The summed E-state index contributed by atoms with van der Waals surface area (Å²) in [4.78, 5) is 14.3. The fraction of sp³-hybridized carbons (Fsp3) is 0.938. The first-order chi connectivity index (χ1) is 9.74.